The van der Waals surface area contributed by atoms with Crippen LogP contribution in [0.1, 0.15) is 5.56 Å². The van der Waals surface area contributed by atoms with Crippen LogP contribution in [0.2, 0.25) is 5.02 Å². The van der Waals surface area contributed by atoms with Crippen LogP contribution in [-0.2, 0) is 6.42 Å². The summed E-state index contributed by atoms with van der Waals surface area (Å²) in [4.78, 5) is 0. The predicted octanol–water partition coefficient (Wildman–Crippen LogP) is 3.87. The molecule has 65 valence electrons. The molecule has 1 heteroatoms. The van der Waals surface area contributed by atoms with Crippen LogP contribution in [0.15, 0.2) is 36.4 Å². The van der Waals surface area contributed by atoms with E-state index in [0.717, 1.165) is 11.4 Å². The molecular weight excluding hydrogens is 180 g/mol. The molecule has 13 heavy (non-hydrogen) atoms. The SMILES string of the molecule is [CH2]Cc1ccc2cc(Cl)ccc2c1. The summed E-state index contributed by atoms with van der Waals surface area (Å²) >= 11 is 5.88. The summed E-state index contributed by atoms with van der Waals surface area (Å²) in [7, 11) is 0. The first-order chi connectivity index (χ1) is 6.29. The summed E-state index contributed by atoms with van der Waals surface area (Å²) < 4.78 is 0. The van der Waals surface area contributed by atoms with Crippen LogP contribution in [0.25, 0.3) is 10.8 Å². The number of halogens is 1. The minimum absolute atomic E-state index is 0.787. The highest BCUT2D eigenvalue weighted by molar-refractivity contribution is 6.31. The van der Waals surface area contributed by atoms with E-state index in [1.54, 1.807) is 0 Å². The molecular formula is C12H10Cl. The highest BCUT2D eigenvalue weighted by Gasteiger charge is 1.95. The van der Waals surface area contributed by atoms with Gasteiger partial charge in [-0.25, -0.2) is 0 Å². The van der Waals surface area contributed by atoms with Gasteiger partial charge in [0.15, 0.2) is 0 Å². The van der Waals surface area contributed by atoms with Crippen LogP contribution < -0.4 is 0 Å². The monoisotopic (exact) mass is 189 g/mol. The Hall–Kier alpha value is -1.01. The zero-order chi connectivity index (χ0) is 9.26. The molecule has 0 N–H and O–H groups in total. The fourth-order valence-electron chi connectivity index (χ4n) is 1.42. The molecule has 0 aliphatic heterocycles. The Kier molecular flexibility index (Phi) is 2.24. The van der Waals surface area contributed by atoms with E-state index in [0.29, 0.717) is 0 Å². The summed E-state index contributed by atoms with van der Waals surface area (Å²) in [6.45, 7) is 3.85. The molecule has 0 saturated heterocycles. The molecule has 0 fully saturated rings. The zero-order valence-corrected chi connectivity index (χ0v) is 8.01. The van der Waals surface area contributed by atoms with E-state index in [-0.39, 0.29) is 0 Å². The third kappa shape index (κ3) is 1.68. The summed E-state index contributed by atoms with van der Waals surface area (Å²) in [5.74, 6) is 0. The van der Waals surface area contributed by atoms with Gasteiger partial charge in [0.1, 0.15) is 0 Å². The lowest BCUT2D eigenvalue weighted by Gasteiger charge is -2.01. The van der Waals surface area contributed by atoms with Crippen LogP contribution in [0, 0.1) is 6.92 Å². The standard InChI is InChI=1S/C12H10Cl/c1-2-9-3-4-11-8-12(13)6-5-10(11)7-9/h3-8H,1-2H2. The minimum atomic E-state index is 0.787. The van der Waals surface area contributed by atoms with Crippen molar-refractivity contribution in [3.63, 3.8) is 0 Å². The highest BCUT2D eigenvalue weighted by Crippen LogP contribution is 2.20. The molecule has 0 bridgehead atoms. The molecule has 0 unspecified atom stereocenters. The first-order valence-corrected chi connectivity index (χ1v) is 4.65. The maximum absolute atomic E-state index is 5.88. The third-order valence-electron chi connectivity index (χ3n) is 2.16. The van der Waals surface area contributed by atoms with Crippen LogP contribution in [0.5, 0.6) is 0 Å². The highest BCUT2D eigenvalue weighted by atomic mass is 35.5. The summed E-state index contributed by atoms with van der Waals surface area (Å²) in [6, 6.07) is 12.3. The molecule has 0 nitrogen and oxygen atoms in total. The van der Waals surface area contributed by atoms with E-state index in [9.17, 15) is 0 Å². The van der Waals surface area contributed by atoms with Crippen molar-refractivity contribution < 1.29 is 0 Å². The van der Waals surface area contributed by atoms with Gasteiger partial charge in [-0.15, -0.1) is 0 Å². The second-order valence-corrected chi connectivity index (χ2v) is 3.51. The fraction of sp³-hybridized carbons (Fsp3) is 0.0833. The van der Waals surface area contributed by atoms with Crippen molar-refractivity contribution in [1.82, 2.24) is 0 Å². The van der Waals surface area contributed by atoms with Gasteiger partial charge < -0.3 is 0 Å². The number of fused-ring (bicyclic) bond motifs is 1. The van der Waals surface area contributed by atoms with Gasteiger partial charge >= 0.3 is 0 Å². The van der Waals surface area contributed by atoms with Crippen molar-refractivity contribution in [2.75, 3.05) is 0 Å². The van der Waals surface area contributed by atoms with Crippen molar-refractivity contribution >= 4 is 22.4 Å². The van der Waals surface area contributed by atoms with Crippen molar-refractivity contribution in [2.24, 2.45) is 0 Å². The number of benzene rings is 2. The average molecular weight is 190 g/mol. The predicted molar refractivity (Wildman–Crippen MR) is 58.0 cm³/mol. The summed E-state index contributed by atoms with van der Waals surface area (Å²) in [5, 5.41) is 3.20. The zero-order valence-electron chi connectivity index (χ0n) is 7.26. The Bertz CT molecular complexity index is 432. The van der Waals surface area contributed by atoms with Crippen molar-refractivity contribution in [3.8, 4) is 0 Å². The van der Waals surface area contributed by atoms with Gasteiger partial charge in [-0.1, -0.05) is 35.9 Å². The summed E-state index contributed by atoms with van der Waals surface area (Å²) in [5.41, 5.74) is 1.26. The maximum Gasteiger partial charge on any atom is 0.0412 e. The molecule has 1 radical (unpaired) electrons. The third-order valence-corrected chi connectivity index (χ3v) is 2.39. The molecule has 0 spiro atoms. The maximum atomic E-state index is 5.88. The van der Waals surface area contributed by atoms with Crippen LogP contribution >= 0.6 is 11.6 Å². The Morgan fingerprint density at radius 3 is 2.46 bits per heavy atom. The van der Waals surface area contributed by atoms with Gasteiger partial charge in [-0.3, -0.25) is 0 Å². The van der Waals surface area contributed by atoms with Crippen molar-refractivity contribution in [2.45, 2.75) is 6.42 Å². The normalized spacial score (nSPS) is 10.6. The van der Waals surface area contributed by atoms with E-state index < -0.39 is 0 Å². The Balaban J connectivity index is 2.66. The number of rotatable bonds is 1. The molecule has 2 aromatic rings. The van der Waals surface area contributed by atoms with E-state index in [2.05, 4.69) is 25.1 Å². The lowest BCUT2D eigenvalue weighted by Crippen LogP contribution is -1.80. The first-order valence-electron chi connectivity index (χ1n) is 4.27. The molecule has 0 aromatic heterocycles. The van der Waals surface area contributed by atoms with Gasteiger partial charge in [0, 0.05) is 5.02 Å². The largest absolute Gasteiger partial charge is 0.0843 e. The molecule has 0 heterocycles. The summed E-state index contributed by atoms with van der Waals surface area (Å²) in [6.07, 6.45) is 0.832. The molecule has 0 aliphatic carbocycles. The first kappa shape index (κ1) is 8.58. The van der Waals surface area contributed by atoms with E-state index in [1.165, 1.54) is 16.3 Å². The number of hydrogen-bond acceptors (Lipinski definition) is 0. The number of hydrogen-bond donors (Lipinski definition) is 0. The van der Waals surface area contributed by atoms with Crippen LogP contribution in [-0.4, -0.2) is 0 Å². The molecule has 0 aliphatic rings. The van der Waals surface area contributed by atoms with Gasteiger partial charge in [-0.05, 0) is 41.8 Å². The van der Waals surface area contributed by atoms with Gasteiger partial charge in [0.05, 0.1) is 0 Å². The van der Waals surface area contributed by atoms with Crippen molar-refractivity contribution in [3.05, 3.63) is 53.9 Å². The lowest BCUT2D eigenvalue weighted by atomic mass is 10.1. The van der Waals surface area contributed by atoms with E-state index in [1.807, 2.05) is 18.2 Å². The fourth-order valence-corrected chi connectivity index (χ4v) is 1.60. The topological polar surface area (TPSA) is 0 Å². The molecule has 0 amide bonds. The smallest absolute Gasteiger partial charge is 0.0412 e. The molecule has 2 aromatic carbocycles. The Morgan fingerprint density at radius 1 is 1.00 bits per heavy atom. The average Bonchev–Trinajstić information content (AvgIpc) is 2.17. The Labute approximate surface area is 83.1 Å². The van der Waals surface area contributed by atoms with Gasteiger partial charge in [0.2, 0.25) is 0 Å². The molecule has 0 atom stereocenters. The second-order valence-electron chi connectivity index (χ2n) is 3.08. The van der Waals surface area contributed by atoms with Gasteiger partial charge in [-0.2, -0.15) is 0 Å². The Morgan fingerprint density at radius 2 is 1.69 bits per heavy atom. The van der Waals surface area contributed by atoms with E-state index in [4.69, 9.17) is 11.6 Å². The van der Waals surface area contributed by atoms with E-state index >= 15 is 0 Å². The molecule has 2 rings (SSSR count). The lowest BCUT2D eigenvalue weighted by molar-refractivity contribution is 1.28. The minimum Gasteiger partial charge on any atom is -0.0843 e. The molecule has 0 saturated carbocycles. The van der Waals surface area contributed by atoms with Crippen LogP contribution in [0.4, 0.5) is 0 Å². The second kappa shape index (κ2) is 3.39. The van der Waals surface area contributed by atoms with Crippen molar-refractivity contribution in [1.29, 1.82) is 0 Å². The van der Waals surface area contributed by atoms with Crippen LogP contribution in [0.3, 0.4) is 0 Å². The quantitative estimate of drug-likeness (QED) is 0.639. The van der Waals surface area contributed by atoms with Gasteiger partial charge in [0.25, 0.3) is 0 Å².